The summed E-state index contributed by atoms with van der Waals surface area (Å²) in [6.07, 6.45) is 7.09. The van der Waals surface area contributed by atoms with Crippen molar-refractivity contribution >= 4 is 43.5 Å². The minimum atomic E-state index is -2.42. The topological polar surface area (TPSA) is 38.9 Å². The fraction of sp³-hybridized carbons (Fsp3) is 0.265. The Morgan fingerprint density at radius 1 is 0.736 bits per heavy atom. The maximum atomic E-state index is 9.27. The van der Waals surface area contributed by atoms with Crippen LogP contribution in [0.5, 0.6) is 0 Å². The third-order valence-electron chi connectivity index (χ3n) is 10.1. The first kappa shape index (κ1) is 26.2. The average molecular weight is 881 g/mol. The van der Waals surface area contributed by atoms with Crippen LogP contribution >= 0.6 is 0 Å². The van der Waals surface area contributed by atoms with E-state index in [1.165, 1.54) is 23.9 Å². The normalized spacial score (nSPS) is 17.7. The molecule has 0 atom stereocenters. The van der Waals surface area contributed by atoms with Gasteiger partial charge in [-0.25, -0.2) is 0 Å². The molecule has 0 spiro atoms. The molecular formula is C49H46IrN2O-2. The molecule has 1 radical (unpaired) electrons. The van der Waals surface area contributed by atoms with Crippen LogP contribution in [0.2, 0.25) is 0 Å². The average Bonchev–Trinajstić information content (AvgIpc) is 3.60. The molecule has 53 heavy (non-hydrogen) atoms. The van der Waals surface area contributed by atoms with E-state index in [1.54, 1.807) is 18.2 Å². The van der Waals surface area contributed by atoms with Crippen LogP contribution in [0.1, 0.15) is 100 Å². The molecule has 3 aromatic heterocycles. The molecule has 4 heteroatoms. The van der Waals surface area contributed by atoms with Crippen molar-refractivity contribution in [1.82, 2.24) is 9.97 Å². The number of hydrogen-bond donors (Lipinski definition) is 0. The van der Waals surface area contributed by atoms with Crippen LogP contribution in [0.4, 0.5) is 0 Å². The number of aryl methyl sites for hydroxylation is 3. The van der Waals surface area contributed by atoms with E-state index >= 15 is 0 Å². The van der Waals surface area contributed by atoms with Gasteiger partial charge < -0.3 is 14.4 Å². The predicted molar refractivity (Wildman–Crippen MR) is 218 cm³/mol. The molecule has 1 fully saturated rings. The summed E-state index contributed by atoms with van der Waals surface area (Å²) in [5.41, 5.74) is 5.53. The smallest absolute Gasteiger partial charge is 0.121 e. The summed E-state index contributed by atoms with van der Waals surface area (Å²) in [6, 6.07) is 34.2. The maximum absolute atomic E-state index is 9.27. The predicted octanol–water partition coefficient (Wildman–Crippen LogP) is 13.6. The molecule has 1 saturated carbocycles. The van der Waals surface area contributed by atoms with E-state index in [1.807, 2.05) is 48.7 Å². The number of furan rings is 1. The molecule has 0 bridgehead atoms. The van der Waals surface area contributed by atoms with Crippen LogP contribution in [0, 0.1) is 32.7 Å². The molecule has 3 heterocycles. The number of rotatable bonds is 3. The van der Waals surface area contributed by atoms with Crippen molar-refractivity contribution in [2.24, 2.45) is 0 Å². The first-order valence-electron chi connectivity index (χ1n) is 22.9. The molecule has 0 N–H and O–H groups in total. The Kier molecular flexibility index (Phi) is 7.42. The van der Waals surface area contributed by atoms with Crippen molar-refractivity contribution in [2.75, 3.05) is 0 Å². The van der Waals surface area contributed by atoms with E-state index in [4.69, 9.17) is 16.8 Å². The molecule has 9 rings (SSSR count). The molecule has 269 valence electrons. The quantitative estimate of drug-likeness (QED) is 0.131. The van der Waals surface area contributed by atoms with Gasteiger partial charge in [0.25, 0.3) is 0 Å². The Balaban J connectivity index is 0.000000239. The van der Waals surface area contributed by atoms with Crippen molar-refractivity contribution in [2.45, 2.75) is 84.7 Å². The zero-order valence-electron chi connectivity index (χ0n) is 40.0. The number of nitrogens with zero attached hydrogens (tertiary/aromatic N) is 2. The van der Waals surface area contributed by atoms with Gasteiger partial charge in [-0.15, -0.1) is 53.1 Å². The van der Waals surface area contributed by atoms with E-state index in [-0.39, 0.29) is 36.6 Å². The van der Waals surface area contributed by atoms with Crippen molar-refractivity contribution in [3.8, 4) is 22.5 Å². The number of hydrogen-bond acceptors (Lipinski definition) is 3. The van der Waals surface area contributed by atoms with Gasteiger partial charge in [-0.05, 0) is 92.8 Å². The van der Waals surface area contributed by atoms with Gasteiger partial charge in [0.15, 0.2) is 0 Å². The van der Waals surface area contributed by atoms with E-state index in [9.17, 15) is 1.37 Å². The van der Waals surface area contributed by atoms with E-state index in [0.717, 1.165) is 52.1 Å². The van der Waals surface area contributed by atoms with Crippen LogP contribution in [0.3, 0.4) is 0 Å². The van der Waals surface area contributed by atoms with E-state index in [2.05, 4.69) is 61.1 Å². The largest absolute Gasteiger partial charge is 0.501 e. The zero-order chi connectivity index (χ0) is 44.4. The molecule has 8 aromatic rings. The second kappa shape index (κ2) is 15.0. The van der Waals surface area contributed by atoms with Crippen molar-refractivity contribution in [1.29, 1.82) is 0 Å². The first-order chi connectivity index (χ1) is 29.1. The third kappa shape index (κ3) is 7.33. The number of aromatic nitrogens is 2. The molecule has 1 aliphatic rings. The Hall–Kier alpha value is -4.63. The molecular weight excluding hydrogens is 825 g/mol. The third-order valence-corrected chi connectivity index (χ3v) is 10.1. The van der Waals surface area contributed by atoms with E-state index in [0.29, 0.717) is 57.2 Å². The number of pyridine rings is 2. The van der Waals surface area contributed by atoms with Crippen LogP contribution in [0.25, 0.3) is 66.0 Å². The van der Waals surface area contributed by atoms with Gasteiger partial charge in [0, 0.05) is 51.6 Å². The Morgan fingerprint density at radius 2 is 1.55 bits per heavy atom. The van der Waals surface area contributed by atoms with Crippen LogP contribution in [-0.2, 0) is 25.5 Å². The summed E-state index contributed by atoms with van der Waals surface area (Å²) in [4.78, 5) is 8.97. The fourth-order valence-electron chi connectivity index (χ4n) is 7.23. The summed E-state index contributed by atoms with van der Waals surface area (Å²) in [7, 11) is 0. The van der Waals surface area contributed by atoms with Crippen molar-refractivity contribution < 1.29 is 38.2 Å². The molecule has 0 aliphatic heterocycles. The molecule has 0 amide bonds. The van der Waals surface area contributed by atoms with Crippen LogP contribution < -0.4 is 0 Å². The van der Waals surface area contributed by atoms with Crippen molar-refractivity contribution in [3.63, 3.8) is 0 Å². The van der Waals surface area contributed by atoms with Gasteiger partial charge in [0.2, 0.25) is 0 Å². The Labute approximate surface area is 341 Å². The van der Waals surface area contributed by atoms with Gasteiger partial charge >= 0.3 is 0 Å². The second-order valence-corrected chi connectivity index (χ2v) is 14.7. The number of fused-ring (bicyclic) bond motifs is 6. The first-order valence-corrected chi connectivity index (χ1v) is 17.9. The summed E-state index contributed by atoms with van der Waals surface area (Å²) >= 11 is 0. The van der Waals surface area contributed by atoms with Gasteiger partial charge in [0.1, 0.15) is 5.58 Å². The minimum absolute atomic E-state index is 0. The monoisotopic (exact) mass is 881 g/mol. The molecule has 5 aromatic carbocycles. The van der Waals surface area contributed by atoms with Gasteiger partial charge in [0.05, 0.1) is 5.58 Å². The maximum Gasteiger partial charge on any atom is 0.121 e. The van der Waals surface area contributed by atoms with Crippen molar-refractivity contribution in [3.05, 3.63) is 143 Å². The molecule has 0 unspecified atom stereocenters. The minimum Gasteiger partial charge on any atom is -0.501 e. The summed E-state index contributed by atoms with van der Waals surface area (Å²) in [5.74, 6) is -1.04. The fourth-order valence-corrected chi connectivity index (χ4v) is 7.23. The molecule has 1 aliphatic carbocycles. The summed E-state index contributed by atoms with van der Waals surface area (Å²) in [6.45, 7) is -0.500. The van der Waals surface area contributed by atoms with Gasteiger partial charge in [-0.3, -0.25) is 0 Å². The summed E-state index contributed by atoms with van der Waals surface area (Å²) in [5, 5.41) is 5.27. The van der Waals surface area contributed by atoms with Gasteiger partial charge in [-0.2, -0.15) is 0 Å². The van der Waals surface area contributed by atoms with Crippen LogP contribution in [0.15, 0.2) is 108 Å². The molecule has 3 nitrogen and oxygen atoms in total. The standard InChI is InChI=1S/C33H28NO.C16H18N.Ir/c1-20-12-15-26(30-17-27(21(2)19-34-30)22-8-4-3-5-9-22)33-32(20)29-16-24-14-13-23-10-6-7-11-25(23)28(24)18-31(29)35-33;1-12-5-7-13(8-6-12)15-10-9-14(11-17-15)16(2,3)4;/h6-7,10-14,16-19,22H,3-5,8-9H2,1-2H3;5-7,9-11H,1-4H3;/q2*-1;/i1D3,2D3,22D;1D3;. The zero-order valence-corrected chi connectivity index (χ0v) is 32.4. The molecule has 0 saturated heterocycles. The Morgan fingerprint density at radius 3 is 2.28 bits per heavy atom. The summed E-state index contributed by atoms with van der Waals surface area (Å²) < 4.78 is 87.0. The second-order valence-electron chi connectivity index (χ2n) is 14.7. The Bertz CT molecular complexity index is 2880. The SMILES string of the molecule is [2H]C([2H])([2H])c1c[c-]c(-c2ccc(C(C)(C)C)cn2)cc1.[2H]C([2H])([2H])c1cnc(-c2[c-]cc(C([2H])([2H])[2H])c3c2oc2cc4c(ccc5ccccc54)cc23)cc1C1([2H])CCCCC1.[Ir]. The number of benzene rings is 5. The van der Waals surface area contributed by atoms with Gasteiger partial charge in [-0.1, -0.05) is 119 Å². The van der Waals surface area contributed by atoms with Crippen LogP contribution in [-0.4, -0.2) is 9.97 Å². The van der Waals surface area contributed by atoms with E-state index < -0.39 is 26.4 Å².